The zero-order valence-electron chi connectivity index (χ0n) is 11.1. The van der Waals surface area contributed by atoms with Crippen LogP contribution in [0.25, 0.3) is 22.4 Å². The lowest BCUT2D eigenvalue weighted by molar-refractivity contribution is 0.361. The lowest BCUT2D eigenvalue weighted by Gasteiger charge is -2.05. The molecule has 1 aromatic heterocycles. The number of halogens is 1. The number of hydrogen-bond donors (Lipinski definition) is 1. The number of rotatable bonds is 3. The van der Waals surface area contributed by atoms with Crippen LogP contribution in [0.15, 0.2) is 36.4 Å². The first-order valence-corrected chi connectivity index (χ1v) is 6.74. The van der Waals surface area contributed by atoms with Gasteiger partial charge in [0.2, 0.25) is 0 Å². The van der Waals surface area contributed by atoms with Crippen molar-refractivity contribution < 1.29 is 4.74 Å². The van der Waals surface area contributed by atoms with E-state index in [9.17, 15) is 0 Å². The molecule has 0 spiro atoms. The molecule has 0 bridgehead atoms. The minimum Gasteiger partial charge on any atom is -0.494 e. The summed E-state index contributed by atoms with van der Waals surface area (Å²) < 4.78 is 5.33. The summed E-state index contributed by atoms with van der Waals surface area (Å²) in [5.74, 6) is 1.47. The minimum absolute atomic E-state index is 0.375. The van der Waals surface area contributed by atoms with Crippen LogP contribution in [0, 0.1) is 13.8 Å². The number of nitrogens with zero attached hydrogens (tertiary/aromatic N) is 1. The first kappa shape index (κ1) is 13.0. The molecule has 0 aliphatic carbocycles. The molecule has 3 rings (SSSR count). The van der Waals surface area contributed by atoms with E-state index in [1.54, 1.807) is 6.07 Å². The number of ether oxygens (including phenoxy) is 1. The van der Waals surface area contributed by atoms with Crippen molar-refractivity contribution in [2.45, 2.75) is 6.92 Å². The van der Waals surface area contributed by atoms with Crippen LogP contribution in [-0.4, -0.2) is 16.6 Å². The van der Waals surface area contributed by atoms with Gasteiger partial charge in [-0.15, -0.1) is 0 Å². The van der Waals surface area contributed by atoms with Crippen molar-refractivity contribution in [3.05, 3.63) is 53.9 Å². The van der Waals surface area contributed by atoms with Gasteiger partial charge in [0.25, 0.3) is 0 Å². The summed E-state index contributed by atoms with van der Waals surface area (Å²) in [5, 5.41) is 0.604. The second kappa shape index (κ2) is 5.17. The van der Waals surface area contributed by atoms with Gasteiger partial charge < -0.3 is 9.72 Å². The highest BCUT2D eigenvalue weighted by Crippen LogP contribution is 2.31. The minimum atomic E-state index is 0.375. The van der Waals surface area contributed by atoms with Crippen LogP contribution in [0.5, 0.6) is 5.75 Å². The van der Waals surface area contributed by atoms with Crippen molar-refractivity contribution in [1.82, 2.24) is 9.97 Å². The molecule has 101 valence electrons. The molecule has 1 N–H and O–H groups in total. The molecule has 3 nitrogen and oxygen atoms in total. The van der Waals surface area contributed by atoms with Crippen LogP contribution in [0.3, 0.4) is 0 Å². The first-order chi connectivity index (χ1) is 9.69. The summed E-state index contributed by atoms with van der Waals surface area (Å²) in [6.07, 6.45) is 0. The second-order valence-electron chi connectivity index (χ2n) is 4.55. The highest BCUT2D eigenvalue weighted by atomic mass is 35.5. The van der Waals surface area contributed by atoms with E-state index in [0.717, 1.165) is 28.0 Å². The van der Waals surface area contributed by atoms with Crippen molar-refractivity contribution in [2.75, 3.05) is 6.61 Å². The van der Waals surface area contributed by atoms with Crippen LogP contribution in [0.4, 0.5) is 0 Å². The van der Waals surface area contributed by atoms with Gasteiger partial charge in [0, 0.05) is 5.56 Å². The molecule has 2 aromatic carbocycles. The number of nitrogens with one attached hydrogen (secondary N) is 1. The third-order valence-electron chi connectivity index (χ3n) is 3.18. The van der Waals surface area contributed by atoms with E-state index in [1.165, 1.54) is 0 Å². The molecule has 1 radical (unpaired) electrons. The van der Waals surface area contributed by atoms with Gasteiger partial charge in [-0.1, -0.05) is 23.7 Å². The predicted octanol–water partition coefficient (Wildman–Crippen LogP) is 4.40. The monoisotopic (exact) mass is 285 g/mol. The molecule has 0 atom stereocenters. The Morgan fingerprint density at radius 3 is 2.85 bits per heavy atom. The summed E-state index contributed by atoms with van der Waals surface area (Å²) in [4.78, 5) is 7.92. The molecular formula is C16H14ClN2O. The molecule has 0 unspecified atom stereocenters. The summed E-state index contributed by atoms with van der Waals surface area (Å²) in [6.45, 7) is 6.06. The molecule has 0 saturated carbocycles. The van der Waals surface area contributed by atoms with Crippen LogP contribution in [0.1, 0.15) is 5.56 Å². The molecule has 0 fully saturated rings. The number of aromatic nitrogens is 2. The normalized spacial score (nSPS) is 10.9. The van der Waals surface area contributed by atoms with E-state index in [4.69, 9.17) is 16.3 Å². The Morgan fingerprint density at radius 1 is 1.30 bits per heavy atom. The van der Waals surface area contributed by atoms with Gasteiger partial charge >= 0.3 is 0 Å². The number of benzene rings is 2. The van der Waals surface area contributed by atoms with Crippen molar-refractivity contribution in [2.24, 2.45) is 0 Å². The standard InChI is InChI=1S/C16H14ClN2O/c1-3-20-11-7-8-12(13(17)9-11)16-18-14-6-4-5-10(2)15(14)19-16/h4-9H,1,3H2,2H3,(H,18,19). The number of aromatic amines is 1. The van der Waals surface area contributed by atoms with Gasteiger partial charge in [-0.05, 0) is 43.7 Å². The lowest BCUT2D eigenvalue weighted by atomic mass is 10.2. The maximum absolute atomic E-state index is 6.31. The Labute approximate surface area is 122 Å². The summed E-state index contributed by atoms with van der Waals surface area (Å²) in [5.41, 5.74) is 3.97. The largest absolute Gasteiger partial charge is 0.494 e. The molecule has 1 heterocycles. The van der Waals surface area contributed by atoms with Gasteiger partial charge in [0.1, 0.15) is 11.6 Å². The average Bonchev–Trinajstić information content (AvgIpc) is 2.84. The molecule has 0 aliphatic rings. The Balaban J connectivity index is 2.08. The van der Waals surface area contributed by atoms with E-state index >= 15 is 0 Å². The van der Waals surface area contributed by atoms with Gasteiger partial charge in [0.15, 0.2) is 0 Å². The van der Waals surface area contributed by atoms with E-state index < -0.39 is 0 Å². The zero-order chi connectivity index (χ0) is 14.1. The van der Waals surface area contributed by atoms with Crippen LogP contribution >= 0.6 is 11.6 Å². The number of fused-ring (bicyclic) bond motifs is 1. The molecule has 3 aromatic rings. The second-order valence-corrected chi connectivity index (χ2v) is 4.95. The maximum Gasteiger partial charge on any atom is 0.140 e. The van der Waals surface area contributed by atoms with Crippen molar-refractivity contribution in [3.8, 4) is 17.1 Å². The van der Waals surface area contributed by atoms with Crippen molar-refractivity contribution in [1.29, 1.82) is 0 Å². The smallest absolute Gasteiger partial charge is 0.140 e. The van der Waals surface area contributed by atoms with E-state index in [1.807, 2.05) is 37.3 Å². The van der Waals surface area contributed by atoms with E-state index in [2.05, 4.69) is 16.9 Å². The lowest BCUT2D eigenvalue weighted by Crippen LogP contribution is -1.92. The average molecular weight is 286 g/mol. The Bertz CT molecular complexity index is 764. The van der Waals surface area contributed by atoms with E-state index in [0.29, 0.717) is 17.4 Å². The fraction of sp³-hybridized carbons (Fsp3) is 0.125. The summed E-state index contributed by atoms with van der Waals surface area (Å²) in [7, 11) is 0. The van der Waals surface area contributed by atoms with Crippen molar-refractivity contribution in [3.63, 3.8) is 0 Å². The molecule has 0 aliphatic heterocycles. The highest BCUT2D eigenvalue weighted by Gasteiger charge is 2.11. The molecule has 0 amide bonds. The van der Waals surface area contributed by atoms with Crippen LogP contribution in [-0.2, 0) is 0 Å². The number of H-pyrrole nitrogens is 1. The Morgan fingerprint density at radius 2 is 2.15 bits per heavy atom. The molecule has 0 saturated heterocycles. The number of imidazole rings is 1. The van der Waals surface area contributed by atoms with Crippen molar-refractivity contribution >= 4 is 22.6 Å². The van der Waals surface area contributed by atoms with Gasteiger partial charge in [0.05, 0.1) is 22.7 Å². The third-order valence-corrected chi connectivity index (χ3v) is 3.49. The predicted molar refractivity (Wildman–Crippen MR) is 82.1 cm³/mol. The summed E-state index contributed by atoms with van der Waals surface area (Å²) in [6, 6.07) is 11.6. The molecule has 20 heavy (non-hydrogen) atoms. The Hall–Kier alpha value is -2.00. The SMILES string of the molecule is [CH2]COc1ccc(-c2nc3c(C)cccc3[nH]2)c(Cl)c1. The topological polar surface area (TPSA) is 37.9 Å². The summed E-state index contributed by atoms with van der Waals surface area (Å²) >= 11 is 6.31. The van der Waals surface area contributed by atoms with E-state index in [-0.39, 0.29) is 0 Å². The maximum atomic E-state index is 6.31. The number of aryl methyl sites for hydroxylation is 1. The van der Waals surface area contributed by atoms with Crippen LogP contribution in [0.2, 0.25) is 5.02 Å². The fourth-order valence-corrected chi connectivity index (χ4v) is 2.46. The number of para-hydroxylation sites is 1. The highest BCUT2D eigenvalue weighted by molar-refractivity contribution is 6.33. The first-order valence-electron chi connectivity index (χ1n) is 6.36. The van der Waals surface area contributed by atoms with Gasteiger partial charge in [-0.25, -0.2) is 4.98 Å². The fourth-order valence-electron chi connectivity index (χ4n) is 2.20. The zero-order valence-corrected chi connectivity index (χ0v) is 11.9. The molecular weight excluding hydrogens is 272 g/mol. The quantitative estimate of drug-likeness (QED) is 0.774. The molecule has 4 heteroatoms. The third kappa shape index (κ3) is 2.25. The Kier molecular flexibility index (Phi) is 3.36. The number of hydrogen-bond acceptors (Lipinski definition) is 2. The van der Waals surface area contributed by atoms with Gasteiger partial charge in [-0.2, -0.15) is 0 Å². The van der Waals surface area contributed by atoms with Gasteiger partial charge in [-0.3, -0.25) is 0 Å². The van der Waals surface area contributed by atoms with Crippen LogP contribution < -0.4 is 4.74 Å².